The average Bonchev–Trinajstić information content (AvgIpc) is 3.41. The number of hydrogen-bond donors (Lipinski definition) is 1. The third-order valence-electron chi connectivity index (χ3n) is 3.92. The molecule has 1 N–H and O–H groups in total. The van der Waals surface area contributed by atoms with Crippen molar-refractivity contribution in [3.8, 4) is 22.7 Å². The van der Waals surface area contributed by atoms with E-state index in [0.29, 0.717) is 22.0 Å². The number of carbonyl (C=O) groups excluding carboxylic acids is 1. The Kier molecular flexibility index (Phi) is 5.27. The number of nitrogens with zero attached hydrogens (tertiary/aromatic N) is 3. The maximum absolute atomic E-state index is 12.2. The number of thioether (sulfide) groups is 1. The highest BCUT2D eigenvalue weighted by molar-refractivity contribution is 7.99. The van der Waals surface area contributed by atoms with Gasteiger partial charge in [0.25, 0.3) is 11.1 Å². The standard InChI is InChI=1S/C19H16N4O3S2/c1-11-3-5-13(6-4-11)15-9-27-18(20-15)21-16(24)10-28-19-23-22-17(26-19)14-7-8-25-12(14)2/h3-9H,10H2,1-2H3,(H,20,21,24). The Bertz CT molecular complexity index is 1100. The topological polar surface area (TPSA) is 94.1 Å². The molecule has 9 heteroatoms. The first-order valence-electron chi connectivity index (χ1n) is 8.41. The van der Waals surface area contributed by atoms with Crippen LogP contribution in [0.2, 0.25) is 0 Å². The quantitative estimate of drug-likeness (QED) is 0.455. The lowest BCUT2D eigenvalue weighted by Crippen LogP contribution is -2.13. The van der Waals surface area contributed by atoms with Gasteiger partial charge in [-0.2, -0.15) is 0 Å². The van der Waals surface area contributed by atoms with E-state index in [1.165, 1.54) is 28.7 Å². The minimum Gasteiger partial charge on any atom is -0.469 e. The Morgan fingerprint density at radius 2 is 2.00 bits per heavy atom. The fourth-order valence-electron chi connectivity index (χ4n) is 2.45. The SMILES string of the molecule is Cc1ccc(-c2csc(NC(=O)CSc3nnc(-c4ccoc4C)o3)n2)cc1. The molecule has 0 aliphatic heterocycles. The number of amides is 1. The molecule has 0 unspecified atom stereocenters. The van der Waals surface area contributed by atoms with Crippen LogP contribution in [0.4, 0.5) is 5.13 Å². The van der Waals surface area contributed by atoms with Gasteiger partial charge in [0.05, 0.1) is 23.3 Å². The highest BCUT2D eigenvalue weighted by atomic mass is 32.2. The van der Waals surface area contributed by atoms with E-state index in [9.17, 15) is 4.79 Å². The van der Waals surface area contributed by atoms with E-state index in [-0.39, 0.29) is 11.7 Å². The zero-order valence-electron chi connectivity index (χ0n) is 15.1. The molecule has 0 radical (unpaired) electrons. The van der Waals surface area contributed by atoms with Gasteiger partial charge >= 0.3 is 0 Å². The molecule has 7 nitrogen and oxygen atoms in total. The third-order valence-corrected chi connectivity index (χ3v) is 5.50. The molecule has 1 aromatic carbocycles. The first-order chi connectivity index (χ1) is 13.6. The Morgan fingerprint density at radius 1 is 1.18 bits per heavy atom. The molecule has 142 valence electrons. The smallest absolute Gasteiger partial charge is 0.277 e. The van der Waals surface area contributed by atoms with Crippen LogP contribution in [0.1, 0.15) is 11.3 Å². The number of carbonyl (C=O) groups is 1. The molecule has 28 heavy (non-hydrogen) atoms. The van der Waals surface area contributed by atoms with E-state index in [1.807, 2.05) is 43.5 Å². The first-order valence-corrected chi connectivity index (χ1v) is 10.3. The Hall–Kier alpha value is -2.91. The zero-order valence-corrected chi connectivity index (χ0v) is 16.8. The summed E-state index contributed by atoms with van der Waals surface area (Å²) in [7, 11) is 0. The van der Waals surface area contributed by atoms with Gasteiger partial charge in [-0.25, -0.2) is 4.98 Å². The van der Waals surface area contributed by atoms with Crippen LogP contribution in [0.25, 0.3) is 22.7 Å². The summed E-state index contributed by atoms with van der Waals surface area (Å²) in [5, 5.41) is 13.5. The number of benzene rings is 1. The summed E-state index contributed by atoms with van der Waals surface area (Å²) >= 11 is 2.56. The van der Waals surface area contributed by atoms with E-state index in [2.05, 4.69) is 20.5 Å². The fraction of sp³-hybridized carbons (Fsp3) is 0.158. The molecule has 0 aliphatic rings. The van der Waals surface area contributed by atoms with Crippen molar-refractivity contribution in [3.05, 3.63) is 53.3 Å². The number of rotatable bonds is 6. The highest BCUT2D eigenvalue weighted by Crippen LogP contribution is 2.27. The van der Waals surface area contributed by atoms with Gasteiger partial charge in [-0.3, -0.25) is 4.79 Å². The van der Waals surface area contributed by atoms with Crippen molar-refractivity contribution in [1.82, 2.24) is 15.2 Å². The number of thiazole rings is 1. The van der Waals surface area contributed by atoms with Gasteiger partial charge in [0.1, 0.15) is 5.76 Å². The van der Waals surface area contributed by atoms with Crippen molar-refractivity contribution < 1.29 is 13.6 Å². The maximum atomic E-state index is 12.2. The maximum Gasteiger partial charge on any atom is 0.277 e. The summed E-state index contributed by atoms with van der Waals surface area (Å²) in [5.74, 6) is 1.03. The second kappa shape index (κ2) is 7.99. The Labute approximate surface area is 169 Å². The third kappa shape index (κ3) is 4.15. The van der Waals surface area contributed by atoms with Gasteiger partial charge in [0.15, 0.2) is 5.13 Å². The normalized spacial score (nSPS) is 10.9. The molecule has 0 atom stereocenters. The van der Waals surface area contributed by atoms with Crippen molar-refractivity contribution in [3.63, 3.8) is 0 Å². The Morgan fingerprint density at radius 3 is 2.75 bits per heavy atom. The van der Waals surface area contributed by atoms with Crippen LogP contribution < -0.4 is 5.32 Å². The number of aryl methyl sites for hydroxylation is 2. The van der Waals surface area contributed by atoms with Crippen LogP contribution >= 0.6 is 23.1 Å². The summed E-state index contributed by atoms with van der Waals surface area (Å²) in [6.45, 7) is 3.86. The van der Waals surface area contributed by atoms with Crippen molar-refractivity contribution >= 4 is 34.1 Å². The number of aromatic nitrogens is 3. The number of anilines is 1. The van der Waals surface area contributed by atoms with Gasteiger partial charge in [-0.15, -0.1) is 21.5 Å². The molecule has 1 amide bonds. The van der Waals surface area contributed by atoms with Crippen molar-refractivity contribution in [2.75, 3.05) is 11.1 Å². The molecule has 4 rings (SSSR count). The summed E-state index contributed by atoms with van der Waals surface area (Å²) in [6.07, 6.45) is 1.56. The molecule has 0 saturated heterocycles. The summed E-state index contributed by atoms with van der Waals surface area (Å²) in [6, 6.07) is 9.86. The van der Waals surface area contributed by atoms with Crippen LogP contribution in [0, 0.1) is 13.8 Å². The van der Waals surface area contributed by atoms with E-state index in [4.69, 9.17) is 8.83 Å². The van der Waals surface area contributed by atoms with E-state index in [0.717, 1.165) is 16.8 Å². The molecular formula is C19H16N4O3S2. The molecular weight excluding hydrogens is 396 g/mol. The molecule has 0 spiro atoms. The molecule has 0 saturated carbocycles. The summed E-state index contributed by atoms with van der Waals surface area (Å²) in [5.41, 5.74) is 3.79. The molecule has 3 aromatic heterocycles. The molecule has 4 aromatic rings. The van der Waals surface area contributed by atoms with Crippen molar-refractivity contribution in [2.24, 2.45) is 0 Å². The lowest BCUT2D eigenvalue weighted by atomic mass is 10.1. The van der Waals surface area contributed by atoms with Crippen LogP contribution in [-0.4, -0.2) is 26.8 Å². The Balaban J connectivity index is 1.33. The van der Waals surface area contributed by atoms with Crippen LogP contribution in [0.3, 0.4) is 0 Å². The van der Waals surface area contributed by atoms with E-state index < -0.39 is 0 Å². The van der Waals surface area contributed by atoms with Crippen LogP contribution in [0.15, 0.2) is 56.0 Å². The van der Waals surface area contributed by atoms with Crippen LogP contribution in [0.5, 0.6) is 0 Å². The number of hydrogen-bond acceptors (Lipinski definition) is 8. The molecule has 0 fully saturated rings. The monoisotopic (exact) mass is 412 g/mol. The van der Waals surface area contributed by atoms with Crippen LogP contribution in [-0.2, 0) is 4.79 Å². The van der Waals surface area contributed by atoms with Gasteiger partial charge in [-0.1, -0.05) is 41.6 Å². The minimum atomic E-state index is -0.186. The number of nitrogens with one attached hydrogen (secondary N) is 1. The summed E-state index contributed by atoms with van der Waals surface area (Å²) < 4.78 is 10.8. The highest BCUT2D eigenvalue weighted by Gasteiger charge is 2.15. The zero-order chi connectivity index (χ0) is 19.5. The molecule has 0 aliphatic carbocycles. The van der Waals surface area contributed by atoms with Gasteiger partial charge in [-0.05, 0) is 19.9 Å². The second-order valence-corrected chi connectivity index (χ2v) is 7.79. The second-order valence-electron chi connectivity index (χ2n) is 6.00. The number of furan rings is 1. The van der Waals surface area contributed by atoms with Crippen molar-refractivity contribution in [2.45, 2.75) is 19.1 Å². The molecule has 0 bridgehead atoms. The summed E-state index contributed by atoms with van der Waals surface area (Å²) in [4.78, 5) is 16.7. The lowest BCUT2D eigenvalue weighted by Gasteiger charge is -2.00. The molecule has 3 heterocycles. The fourth-order valence-corrected chi connectivity index (χ4v) is 3.75. The first kappa shape index (κ1) is 18.5. The average molecular weight is 412 g/mol. The van der Waals surface area contributed by atoms with E-state index >= 15 is 0 Å². The van der Waals surface area contributed by atoms with Gasteiger partial charge < -0.3 is 14.2 Å². The largest absolute Gasteiger partial charge is 0.469 e. The lowest BCUT2D eigenvalue weighted by molar-refractivity contribution is -0.113. The van der Waals surface area contributed by atoms with Gasteiger partial charge in [0.2, 0.25) is 5.91 Å². The predicted molar refractivity (Wildman–Crippen MR) is 108 cm³/mol. The van der Waals surface area contributed by atoms with E-state index in [1.54, 1.807) is 12.3 Å². The minimum absolute atomic E-state index is 0.144. The predicted octanol–water partition coefficient (Wildman–Crippen LogP) is 4.80. The van der Waals surface area contributed by atoms with Gasteiger partial charge in [0, 0.05) is 10.9 Å². The van der Waals surface area contributed by atoms with Crippen molar-refractivity contribution in [1.29, 1.82) is 0 Å².